The molecule has 0 atom stereocenters. The van der Waals surface area contributed by atoms with Crippen molar-refractivity contribution in [2.45, 2.75) is 29.2 Å². The van der Waals surface area contributed by atoms with Gasteiger partial charge in [-0.3, -0.25) is 4.79 Å². The average Bonchev–Trinajstić information content (AvgIpc) is 2.83. The molecule has 35 heavy (non-hydrogen) atoms. The number of carbonyl (C=O) groups excluding carboxylic acids is 1. The van der Waals surface area contributed by atoms with E-state index in [2.05, 4.69) is 5.32 Å². The molecule has 0 saturated heterocycles. The van der Waals surface area contributed by atoms with Crippen LogP contribution in [0.3, 0.4) is 0 Å². The van der Waals surface area contributed by atoms with Crippen LogP contribution in [0.25, 0.3) is 0 Å². The minimum atomic E-state index is -3.91. The van der Waals surface area contributed by atoms with E-state index in [1.54, 1.807) is 12.1 Å². The predicted molar refractivity (Wildman–Crippen MR) is 133 cm³/mol. The van der Waals surface area contributed by atoms with E-state index in [9.17, 15) is 21.6 Å². The van der Waals surface area contributed by atoms with Gasteiger partial charge in [-0.2, -0.15) is 4.31 Å². The Morgan fingerprint density at radius 2 is 1.66 bits per heavy atom. The fourth-order valence-corrected chi connectivity index (χ4v) is 6.36. The summed E-state index contributed by atoms with van der Waals surface area (Å²) in [6.45, 7) is 0.840. The third kappa shape index (κ3) is 5.74. The van der Waals surface area contributed by atoms with Gasteiger partial charge in [0.2, 0.25) is 20.0 Å². The van der Waals surface area contributed by atoms with Gasteiger partial charge in [-0.15, -0.1) is 0 Å². The Morgan fingerprint density at radius 3 is 2.34 bits per heavy atom. The molecule has 1 heterocycles. The lowest BCUT2D eigenvalue weighted by atomic mass is 10.0. The highest BCUT2D eigenvalue weighted by molar-refractivity contribution is 7.89. The van der Waals surface area contributed by atoms with Gasteiger partial charge in [-0.25, -0.2) is 22.0 Å². The van der Waals surface area contributed by atoms with Crippen LogP contribution in [0, 0.1) is 0 Å². The fraction of sp³-hybridized carbons (Fsp3) is 0.208. The first-order valence-electron chi connectivity index (χ1n) is 10.8. The zero-order valence-corrected chi connectivity index (χ0v) is 21.0. The van der Waals surface area contributed by atoms with Gasteiger partial charge < -0.3 is 5.32 Å². The summed E-state index contributed by atoms with van der Waals surface area (Å²) in [4.78, 5) is 12.6. The Balaban J connectivity index is 1.44. The minimum Gasteiger partial charge on any atom is -0.352 e. The van der Waals surface area contributed by atoms with E-state index in [-0.39, 0.29) is 33.5 Å². The van der Waals surface area contributed by atoms with Gasteiger partial charge in [-0.05, 0) is 59.9 Å². The van der Waals surface area contributed by atoms with E-state index in [1.807, 2.05) is 24.3 Å². The molecule has 1 aliphatic heterocycles. The Kier molecular flexibility index (Phi) is 7.30. The maximum atomic E-state index is 13.3. The highest BCUT2D eigenvalue weighted by atomic mass is 35.5. The lowest BCUT2D eigenvalue weighted by molar-refractivity contribution is 0.0954. The molecule has 0 spiro atoms. The smallest absolute Gasteiger partial charge is 0.251 e. The van der Waals surface area contributed by atoms with Crippen molar-refractivity contribution in [1.82, 2.24) is 9.62 Å². The molecule has 0 radical (unpaired) electrons. The number of amides is 1. The van der Waals surface area contributed by atoms with Crippen LogP contribution in [-0.2, 0) is 39.4 Å². The van der Waals surface area contributed by atoms with Gasteiger partial charge in [0.15, 0.2) is 0 Å². The number of benzene rings is 3. The number of nitrogens with two attached hydrogens (primary N) is 1. The van der Waals surface area contributed by atoms with Crippen molar-refractivity contribution in [3.63, 3.8) is 0 Å². The lowest BCUT2D eigenvalue weighted by Crippen LogP contribution is -2.36. The molecule has 3 N–H and O–H groups in total. The maximum absolute atomic E-state index is 13.3. The first-order valence-corrected chi connectivity index (χ1v) is 14.2. The number of fused-ring (bicyclic) bond motifs is 1. The van der Waals surface area contributed by atoms with Gasteiger partial charge in [0.1, 0.15) is 4.90 Å². The molecule has 3 aromatic carbocycles. The molecule has 3 aromatic rings. The zero-order chi connectivity index (χ0) is 25.2. The van der Waals surface area contributed by atoms with E-state index in [0.29, 0.717) is 19.4 Å². The third-order valence-corrected chi connectivity index (χ3v) is 9.11. The Labute approximate surface area is 209 Å². The molecule has 0 bridgehead atoms. The van der Waals surface area contributed by atoms with Crippen molar-refractivity contribution in [1.29, 1.82) is 0 Å². The maximum Gasteiger partial charge on any atom is 0.251 e. The van der Waals surface area contributed by atoms with Crippen LogP contribution in [0.4, 0.5) is 0 Å². The molecule has 0 aliphatic carbocycles. The van der Waals surface area contributed by atoms with Crippen LogP contribution >= 0.6 is 11.6 Å². The van der Waals surface area contributed by atoms with Crippen LogP contribution in [0.15, 0.2) is 76.5 Å². The number of nitrogens with one attached hydrogen (secondary N) is 1. The molecule has 11 heteroatoms. The number of nitrogens with zero attached hydrogens (tertiary/aromatic N) is 1. The van der Waals surface area contributed by atoms with Gasteiger partial charge in [-0.1, -0.05) is 48.0 Å². The quantitative estimate of drug-likeness (QED) is 0.483. The number of sulfonamides is 2. The second-order valence-corrected chi connectivity index (χ2v) is 12.1. The van der Waals surface area contributed by atoms with Gasteiger partial charge in [0.05, 0.1) is 9.92 Å². The second-order valence-electron chi connectivity index (χ2n) is 8.20. The molecule has 1 aliphatic rings. The summed E-state index contributed by atoms with van der Waals surface area (Å²) in [6, 6.07) is 17.9. The summed E-state index contributed by atoms with van der Waals surface area (Å²) < 4.78 is 50.8. The lowest BCUT2D eigenvalue weighted by Gasteiger charge is -2.28. The standard InChI is InChI=1S/C24H24ClN3O5S2/c25-22-10-7-19(24(29)27-13-11-17-5-8-21(9-6-17)34(26,30)31)15-23(22)35(32,33)28-14-12-18-3-1-2-4-20(18)16-28/h1-10,15H,11-14,16H2,(H,27,29)(H2,26,30,31). The zero-order valence-electron chi connectivity index (χ0n) is 18.6. The summed E-state index contributed by atoms with van der Waals surface area (Å²) in [5.41, 5.74) is 3.05. The highest BCUT2D eigenvalue weighted by Gasteiger charge is 2.30. The van der Waals surface area contributed by atoms with Gasteiger partial charge in [0, 0.05) is 25.2 Å². The molecule has 1 amide bonds. The number of primary sulfonamides is 1. The number of carbonyl (C=O) groups is 1. The molecular formula is C24H24ClN3O5S2. The minimum absolute atomic E-state index is 0.0115. The number of rotatable bonds is 7. The largest absolute Gasteiger partial charge is 0.352 e. The molecule has 4 rings (SSSR count). The Morgan fingerprint density at radius 1 is 0.971 bits per heavy atom. The van der Waals surface area contributed by atoms with E-state index in [0.717, 1.165) is 16.7 Å². The topological polar surface area (TPSA) is 127 Å². The average molecular weight is 534 g/mol. The fourth-order valence-electron chi connectivity index (χ4n) is 3.92. The Bertz CT molecular complexity index is 1470. The molecule has 0 aromatic heterocycles. The van der Waals surface area contributed by atoms with E-state index >= 15 is 0 Å². The van der Waals surface area contributed by atoms with Crippen LogP contribution in [-0.4, -0.2) is 40.1 Å². The third-order valence-electron chi connectivity index (χ3n) is 5.86. The number of hydrogen-bond donors (Lipinski definition) is 2. The van der Waals surface area contributed by atoms with Gasteiger partial charge >= 0.3 is 0 Å². The van der Waals surface area contributed by atoms with Crippen LogP contribution in [0.2, 0.25) is 5.02 Å². The van der Waals surface area contributed by atoms with E-state index in [4.69, 9.17) is 16.7 Å². The molecule has 8 nitrogen and oxygen atoms in total. The van der Waals surface area contributed by atoms with Crippen molar-refractivity contribution in [3.05, 3.63) is 94.0 Å². The van der Waals surface area contributed by atoms with Crippen molar-refractivity contribution >= 4 is 37.6 Å². The van der Waals surface area contributed by atoms with Crippen molar-refractivity contribution in [2.75, 3.05) is 13.1 Å². The summed E-state index contributed by atoms with van der Waals surface area (Å²) in [6.07, 6.45) is 1.05. The van der Waals surface area contributed by atoms with Crippen LogP contribution < -0.4 is 10.5 Å². The SMILES string of the molecule is NS(=O)(=O)c1ccc(CCNC(=O)c2ccc(Cl)c(S(=O)(=O)N3CCc4ccccc4C3)c2)cc1. The van der Waals surface area contributed by atoms with Gasteiger partial charge in [0.25, 0.3) is 5.91 Å². The van der Waals surface area contributed by atoms with E-state index < -0.39 is 26.0 Å². The number of halogens is 1. The first kappa shape index (κ1) is 25.3. The van der Waals surface area contributed by atoms with Crippen LogP contribution in [0.1, 0.15) is 27.0 Å². The van der Waals surface area contributed by atoms with E-state index in [1.165, 1.54) is 34.6 Å². The molecule has 0 saturated carbocycles. The predicted octanol–water partition coefficient (Wildman–Crippen LogP) is 2.71. The number of hydrogen-bond acceptors (Lipinski definition) is 5. The molecular weight excluding hydrogens is 510 g/mol. The van der Waals surface area contributed by atoms with Crippen molar-refractivity contribution < 1.29 is 21.6 Å². The summed E-state index contributed by atoms with van der Waals surface area (Å²) in [5, 5.41) is 7.89. The highest BCUT2D eigenvalue weighted by Crippen LogP contribution is 2.29. The van der Waals surface area contributed by atoms with Crippen molar-refractivity contribution in [3.8, 4) is 0 Å². The molecule has 0 fully saturated rings. The normalized spacial score (nSPS) is 14.3. The molecule has 184 valence electrons. The van der Waals surface area contributed by atoms with Crippen molar-refractivity contribution in [2.24, 2.45) is 5.14 Å². The monoisotopic (exact) mass is 533 g/mol. The van der Waals surface area contributed by atoms with Crippen LogP contribution in [0.5, 0.6) is 0 Å². The molecule has 0 unspecified atom stereocenters. The summed E-state index contributed by atoms with van der Waals surface area (Å²) >= 11 is 6.24. The first-order chi connectivity index (χ1) is 16.6. The summed E-state index contributed by atoms with van der Waals surface area (Å²) in [5.74, 6) is -0.441. The second kappa shape index (κ2) is 10.1. The summed E-state index contributed by atoms with van der Waals surface area (Å²) in [7, 11) is -7.67. The Hall–Kier alpha value is -2.76.